The molecule has 2 unspecified atom stereocenters. The molecular weight excluding hydrogens is 238 g/mol. The zero-order valence-electron chi connectivity index (χ0n) is 11.1. The first-order valence-corrected chi connectivity index (χ1v) is 7.13. The number of carbonyl (C=O) groups is 1. The number of fused-ring (bicyclic) bond motifs is 1. The van der Waals surface area contributed by atoms with Gasteiger partial charge in [-0.05, 0) is 49.8 Å². The summed E-state index contributed by atoms with van der Waals surface area (Å²) in [7, 11) is 0. The Balaban J connectivity index is 1.93. The molecule has 1 aromatic rings. The van der Waals surface area contributed by atoms with Crippen LogP contribution in [-0.4, -0.2) is 18.5 Å². The first-order chi connectivity index (χ1) is 9.16. The third kappa shape index (κ3) is 2.15. The number of nitrogen functional groups attached to an aromatic ring is 1. The molecule has 1 aliphatic heterocycles. The van der Waals surface area contributed by atoms with Gasteiger partial charge in [0.15, 0.2) is 0 Å². The molecule has 4 N–H and O–H groups in total. The summed E-state index contributed by atoms with van der Waals surface area (Å²) in [5.41, 5.74) is 13.2. The zero-order chi connectivity index (χ0) is 13.4. The lowest BCUT2D eigenvalue weighted by atomic mass is 9.91. The van der Waals surface area contributed by atoms with Gasteiger partial charge in [0.1, 0.15) is 0 Å². The van der Waals surface area contributed by atoms with Gasteiger partial charge >= 0.3 is 0 Å². The molecule has 1 aromatic carbocycles. The van der Waals surface area contributed by atoms with Crippen molar-refractivity contribution in [3.05, 3.63) is 23.8 Å². The molecule has 2 aliphatic rings. The number of nitrogens with two attached hydrogens (primary N) is 2. The number of benzene rings is 1. The van der Waals surface area contributed by atoms with E-state index < -0.39 is 5.91 Å². The Labute approximate surface area is 113 Å². The average molecular weight is 259 g/mol. The monoisotopic (exact) mass is 259 g/mol. The van der Waals surface area contributed by atoms with Gasteiger partial charge in [-0.1, -0.05) is 6.42 Å². The van der Waals surface area contributed by atoms with E-state index in [2.05, 4.69) is 4.90 Å². The van der Waals surface area contributed by atoms with Crippen molar-refractivity contribution in [2.24, 2.45) is 11.7 Å². The van der Waals surface area contributed by atoms with E-state index in [-0.39, 0.29) is 0 Å². The van der Waals surface area contributed by atoms with Crippen LogP contribution < -0.4 is 16.4 Å². The van der Waals surface area contributed by atoms with Crippen molar-refractivity contribution in [1.82, 2.24) is 0 Å². The minimum absolute atomic E-state index is 0.442. The van der Waals surface area contributed by atoms with Gasteiger partial charge in [-0.3, -0.25) is 4.79 Å². The van der Waals surface area contributed by atoms with E-state index >= 15 is 0 Å². The van der Waals surface area contributed by atoms with Gasteiger partial charge in [-0.2, -0.15) is 0 Å². The second-order valence-electron chi connectivity index (χ2n) is 5.73. The lowest BCUT2D eigenvalue weighted by Gasteiger charge is -2.39. The molecule has 2 atom stereocenters. The molecule has 4 nitrogen and oxygen atoms in total. The molecule has 102 valence electrons. The van der Waals surface area contributed by atoms with Crippen molar-refractivity contribution in [3.8, 4) is 0 Å². The molecule has 19 heavy (non-hydrogen) atoms. The first-order valence-electron chi connectivity index (χ1n) is 7.13. The summed E-state index contributed by atoms with van der Waals surface area (Å²) >= 11 is 0. The van der Waals surface area contributed by atoms with E-state index in [9.17, 15) is 4.79 Å². The van der Waals surface area contributed by atoms with Gasteiger partial charge < -0.3 is 16.4 Å². The molecular formula is C15H21N3O. The van der Waals surface area contributed by atoms with Crippen LogP contribution in [0.2, 0.25) is 0 Å². The van der Waals surface area contributed by atoms with Crippen LogP contribution in [0.15, 0.2) is 18.2 Å². The van der Waals surface area contributed by atoms with Crippen LogP contribution in [0.3, 0.4) is 0 Å². The summed E-state index contributed by atoms with van der Waals surface area (Å²) < 4.78 is 0. The highest BCUT2D eigenvalue weighted by molar-refractivity contribution is 5.99. The second kappa shape index (κ2) is 4.76. The van der Waals surface area contributed by atoms with Gasteiger partial charge in [-0.25, -0.2) is 0 Å². The number of rotatable bonds is 2. The van der Waals surface area contributed by atoms with E-state index in [1.54, 1.807) is 6.07 Å². The predicted molar refractivity (Wildman–Crippen MR) is 77.1 cm³/mol. The van der Waals surface area contributed by atoms with Crippen LogP contribution in [0.5, 0.6) is 0 Å². The first kappa shape index (κ1) is 12.3. The quantitative estimate of drug-likeness (QED) is 0.799. The van der Waals surface area contributed by atoms with Crippen LogP contribution in [0.1, 0.15) is 42.5 Å². The number of hydrogen-bond donors (Lipinski definition) is 2. The maximum Gasteiger partial charge on any atom is 0.250 e. The summed E-state index contributed by atoms with van der Waals surface area (Å²) in [6, 6.07) is 6.31. The topological polar surface area (TPSA) is 72.4 Å². The van der Waals surface area contributed by atoms with Crippen molar-refractivity contribution in [2.45, 2.75) is 38.1 Å². The minimum Gasteiger partial charge on any atom is -0.398 e. The molecule has 1 heterocycles. The highest BCUT2D eigenvalue weighted by Gasteiger charge is 2.35. The number of nitrogens with zero attached hydrogens (tertiary/aromatic N) is 1. The predicted octanol–water partition coefficient (Wildman–Crippen LogP) is 2.14. The van der Waals surface area contributed by atoms with Crippen LogP contribution >= 0.6 is 0 Å². The lowest BCUT2D eigenvalue weighted by Crippen LogP contribution is -2.42. The summed E-state index contributed by atoms with van der Waals surface area (Å²) in [5, 5.41) is 0. The smallest absolute Gasteiger partial charge is 0.250 e. The van der Waals surface area contributed by atoms with Crippen molar-refractivity contribution in [3.63, 3.8) is 0 Å². The summed E-state index contributed by atoms with van der Waals surface area (Å²) in [6.07, 6.45) is 6.51. The van der Waals surface area contributed by atoms with E-state index in [1.807, 2.05) is 12.1 Å². The van der Waals surface area contributed by atoms with E-state index in [0.29, 0.717) is 17.3 Å². The Morgan fingerprint density at radius 2 is 2.00 bits per heavy atom. The average Bonchev–Trinajstić information content (AvgIpc) is 2.87. The Bertz CT molecular complexity index is 500. The molecule has 1 amide bonds. The fourth-order valence-electron chi connectivity index (χ4n) is 3.71. The third-order valence-corrected chi connectivity index (χ3v) is 4.63. The molecule has 3 rings (SSSR count). The summed E-state index contributed by atoms with van der Waals surface area (Å²) in [4.78, 5) is 13.9. The fraction of sp³-hybridized carbons (Fsp3) is 0.533. The van der Waals surface area contributed by atoms with Crippen molar-refractivity contribution in [2.75, 3.05) is 17.2 Å². The van der Waals surface area contributed by atoms with Gasteiger partial charge in [0.2, 0.25) is 0 Å². The number of primary amides is 1. The second-order valence-corrected chi connectivity index (χ2v) is 5.73. The summed E-state index contributed by atoms with van der Waals surface area (Å²) in [6.45, 7) is 1.07. The number of piperidine rings is 1. The van der Waals surface area contributed by atoms with E-state index in [0.717, 1.165) is 18.2 Å². The maximum absolute atomic E-state index is 11.4. The molecule has 0 spiro atoms. The Morgan fingerprint density at radius 3 is 2.79 bits per heavy atom. The van der Waals surface area contributed by atoms with Gasteiger partial charge in [-0.15, -0.1) is 0 Å². The highest BCUT2D eigenvalue weighted by Crippen LogP contribution is 2.39. The van der Waals surface area contributed by atoms with Crippen molar-refractivity contribution < 1.29 is 4.79 Å². The minimum atomic E-state index is -0.445. The molecule has 4 heteroatoms. The molecule has 1 saturated carbocycles. The molecule has 0 radical (unpaired) electrons. The number of carbonyl (C=O) groups excluding carboxylic acids is 1. The Hall–Kier alpha value is -1.71. The molecule has 1 aliphatic carbocycles. The molecule has 2 fully saturated rings. The van der Waals surface area contributed by atoms with Crippen LogP contribution in [0.4, 0.5) is 11.4 Å². The lowest BCUT2D eigenvalue weighted by molar-refractivity contribution is 0.100. The SMILES string of the molecule is NC(=O)c1cc(N2CCCC3CCCC32)ccc1N. The van der Waals surface area contributed by atoms with E-state index in [1.165, 1.54) is 32.1 Å². The number of amides is 1. The van der Waals surface area contributed by atoms with Crippen molar-refractivity contribution in [1.29, 1.82) is 0 Å². The third-order valence-electron chi connectivity index (χ3n) is 4.63. The van der Waals surface area contributed by atoms with Crippen molar-refractivity contribution >= 4 is 17.3 Å². The maximum atomic E-state index is 11.4. The Morgan fingerprint density at radius 1 is 1.21 bits per heavy atom. The zero-order valence-corrected chi connectivity index (χ0v) is 11.1. The van der Waals surface area contributed by atoms with Gasteiger partial charge in [0, 0.05) is 24.0 Å². The molecule has 1 saturated heterocycles. The summed E-state index contributed by atoms with van der Waals surface area (Å²) in [5.74, 6) is 0.377. The highest BCUT2D eigenvalue weighted by atomic mass is 16.1. The standard InChI is InChI=1S/C15H21N3O/c16-13-7-6-11(9-12(13)15(17)19)18-8-2-4-10-3-1-5-14(10)18/h6-7,9-10,14H,1-5,8,16H2,(H2,17,19). The largest absolute Gasteiger partial charge is 0.398 e. The van der Waals surface area contributed by atoms with E-state index in [4.69, 9.17) is 11.5 Å². The number of hydrogen-bond acceptors (Lipinski definition) is 3. The van der Waals surface area contributed by atoms with Gasteiger partial charge in [0.25, 0.3) is 5.91 Å². The van der Waals surface area contributed by atoms with Crippen LogP contribution in [0.25, 0.3) is 0 Å². The van der Waals surface area contributed by atoms with Gasteiger partial charge in [0.05, 0.1) is 5.56 Å². The normalized spacial score (nSPS) is 26.2. The molecule has 0 bridgehead atoms. The fourth-order valence-corrected chi connectivity index (χ4v) is 3.71. The van der Waals surface area contributed by atoms with Crippen LogP contribution in [0, 0.1) is 5.92 Å². The Kier molecular flexibility index (Phi) is 3.09. The van der Waals surface area contributed by atoms with Crippen LogP contribution in [-0.2, 0) is 0 Å². The molecule has 0 aromatic heterocycles. The number of anilines is 2.